The van der Waals surface area contributed by atoms with Gasteiger partial charge in [-0.05, 0) is 35.4 Å². The van der Waals surface area contributed by atoms with Crippen molar-refractivity contribution in [1.82, 2.24) is 15.5 Å². The van der Waals surface area contributed by atoms with Gasteiger partial charge in [0.2, 0.25) is 0 Å². The average molecular weight is 368 g/mol. The number of methoxy groups -OCH3 is 1. The van der Waals surface area contributed by atoms with Gasteiger partial charge >= 0.3 is 0 Å². The minimum absolute atomic E-state index is 0.313. The minimum atomic E-state index is 0.313. The smallest absolute Gasteiger partial charge is 0.132 e. The summed E-state index contributed by atoms with van der Waals surface area (Å²) < 4.78 is 5.31. The van der Waals surface area contributed by atoms with Gasteiger partial charge in [0.1, 0.15) is 11.2 Å². The molecule has 0 saturated carbocycles. The Bertz CT molecular complexity index is 755. The van der Waals surface area contributed by atoms with Crippen molar-refractivity contribution in [2.45, 2.75) is 11.9 Å². The second kappa shape index (κ2) is 8.16. The largest absolute Gasteiger partial charge is 0.497 e. The Balaban J connectivity index is 1.60. The third kappa shape index (κ3) is 3.90. The van der Waals surface area contributed by atoms with Crippen molar-refractivity contribution in [3.63, 3.8) is 0 Å². The number of benzene rings is 2. The average Bonchev–Trinajstić information content (AvgIpc) is 3.13. The van der Waals surface area contributed by atoms with Crippen LogP contribution in [-0.2, 0) is 6.42 Å². The standard InChI is InChI=1S/C21H25N3OS/c1-25-18-9-7-17(8-10-18)20-19(15-16-5-3-2-4-6-16)26-21(23-20)24-13-11-22-12-14-24/h2-10,21-23H,11-15H2,1H3. The number of hydrogen-bond acceptors (Lipinski definition) is 5. The first-order valence-electron chi connectivity index (χ1n) is 9.13. The Labute approximate surface area is 159 Å². The summed E-state index contributed by atoms with van der Waals surface area (Å²) in [4.78, 5) is 3.94. The zero-order valence-electron chi connectivity index (χ0n) is 15.1. The molecule has 4 rings (SSSR count). The minimum Gasteiger partial charge on any atom is -0.497 e. The van der Waals surface area contributed by atoms with Crippen LogP contribution in [0.5, 0.6) is 5.75 Å². The van der Waals surface area contributed by atoms with E-state index in [1.165, 1.54) is 21.7 Å². The highest BCUT2D eigenvalue weighted by molar-refractivity contribution is 8.04. The van der Waals surface area contributed by atoms with Gasteiger partial charge in [-0.3, -0.25) is 4.90 Å². The third-order valence-electron chi connectivity index (χ3n) is 4.87. The molecule has 2 heterocycles. The summed E-state index contributed by atoms with van der Waals surface area (Å²) in [5, 5.41) is 7.22. The number of thioether (sulfide) groups is 1. The molecule has 2 aromatic rings. The van der Waals surface area contributed by atoms with Gasteiger partial charge in [-0.2, -0.15) is 0 Å². The Kier molecular flexibility index (Phi) is 5.48. The van der Waals surface area contributed by atoms with Crippen LogP contribution in [0.1, 0.15) is 11.1 Å². The van der Waals surface area contributed by atoms with Crippen molar-refractivity contribution in [1.29, 1.82) is 0 Å². The maximum Gasteiger partial charge on any atom is 0.132 e. The van der Waals surface area contributed by atoms with Crippen LogP contribution in [0.3, 0.4) is 0 Å². The topological polar surface area (TPSA) is 36.5 Å². The van der Waals surface area contributed by atoms with Gasteiger partial charge in [-0.25, -0.2) is 0 Å². The molecule has 0 aliphatic carbocycles. The van der Waals surface area contributed by atoms with Crippen LogP contribution in [0, 0.1) is 0 Å². The van der Waals surface area contributed by atoms with Crippen molar-refractivity contribution in [2.24, 2.45) is 0 Å². The molecule has 2 aromatic carbocycles. The first kappa shape index (κ1) is 17.5. The fourth-order valence-corrected chi connectivity index (χ4v) is 4.77. The third-order valence-corrected chi connectivity index (χ3v) is 6.14. The molecule has 2 aliphatic heterocycles. The predicted octanol–water partition coefficient (Wildman–Crippen LogP) is 3.13. The molecule has 1 unspecified atom stereocenters. The molecule has 0 amide bonds. The fourth-order valence-electron chi connectivity index (χ4n) is 3.42. The Morgan fingerprint density at radius 2 is 1.77 bits per heavy atom. The molecular formula is C21H25N3OS. The van der Waals surface area contributed by atoms with Gasteiger partial charge in [0.25, 0.3) is 0 Å². The van der Waals surface area contributed by atoms with Crippen LogP contribution in [0.2, 0.25) is 0 Å². The van der Waals surface area contributed by atoms with Crippen molar-refractivity contribution >= 4 is 17.5 Å². The second-order valence-corrected chi connectivity index (χ2v) is 7.76. The van der Waals surface area contributed by atoms with Crippen molar-refractivity contribution in [3.8, 4) is 5.75 Å². The zero-order valence-corrected chi connectivity index (χ0v) is 15.9. The van der Waals surface area contributed by atoms with Crippen molar-refractivity contribution in [3.05, 3.63) is 70.6 Å². The van der Waals surface area contributed by atoms with Crippen molar-refractivity contribution < 1.29 is 4.74 Å². The zero-order chi connectivity index (χ0) is 17.8. The van der Waals surface area contributed by atoms with E-state index in [-0.39, 0.29) is 0 Å². The van der Waals surface area contributed by atoms with Crippen LogP contribution in [-0.4, -0.2) is 43.7 Å². The molecular weight excluding hydrogens is 342 g/mol. The summed E-state index contributed by atoms with van der Waals surface area (Å²) >= 11 is 1.96. The summed E-state index contributed by atoms with van der Waals surface area (Å²) in [5.74, 6) is 0.892. The number of ether oxygens (including phenoxy) is 1. The molecule has 1 atom stereocenters. The molecule has 4 nitrogen and oxygen atoms in total. The van der Waals surface area contributed by atoms with E-state index < -0.39 is 0 Å². The molecule has 0 aromatic heterocycles. The van der Waals surface area contributed by atoms with E-state index in [2.05, 4.69) is 58.0 Å². The lowest BCUT2D eigenvalue weighted by Crippen LogP contribution is -2.50. The van der Waals surface area contributed by atoms with E-state index >= 15 is 0 Å². The molecule has 136 valence electrons. The summed E-state index contributed by atoms with van der Waals surface area (Å²) in [6.45, 7) is 4.29. The van der Waals surface area contributed by atoms with E-state index in [1.807, 2.05) is 23.9 Å². The van der Waals surface area contributed by atoms with E-state index in [4.69, 9.17) is 4.74 Å². The first-order chi connectivity index (χ1) is 12.8. The van der Waals surface area contributed by atoms with E-state index in [1.54, 1.807) is 7.11 Å². The van der Waals surface area contributed by atoms with Crippen LogP contribution in [0.4, 0.5) is 0 Å². The Morgan fingerprint density at radius 1 is 1.04 bits per heavy atom. The summed E-state index contributed by atoms with van der Waals surface area (Å²) in [5.41, 5.74) is 4.14. The predicted molar refractivity (Wildman–Crippen MR) is 109 cm³/mol. The number of allylic oxidation sites excluding steroid dienone is 1. The number of nitrogens with one attached hydrogen (secondary N) is 2. The molecule has 0 spiro atoms. The molecule has 5 heteroatoms. The number of rotatable bonds is 5. The maximum atomic E-state index is 5.31. The quantitative estimate of drug-likeness (QED) is 0.849. The molecule has 2 aliphatic rings. The van der Waals surface area contributed by atoms with E-state index in [0.29, 0.717) is 5.50 Å². The molecule has 1 fully saturated rings. The molecule has 0 bridgehead atoms. The monoisotopic (exact) mass is 367 g/mol. The lowest BCUT2D eigenvalue weighted by atomic mass is 10.1. The summed E-state index contributed by atoms with van der Waals surface area (Å²) in [6, 6.07) is 19.1. The molecule has 0 radical (unpaired) electrons. The van der Waals surface area contributed by atoms with Crippen LogP contribution < -0.4 is 15.4 Å². The second-order valence-electron chi connectivity index (χ2n) is 6.59. The highest BCUT2D eigenvalue weighted by Gasteiger charge is 2.30. The van der Waals surface area contributed by atoms with Gasteiger partial charge in [-0.1, -0.05) is 42.1 Å². The van der Waals surface area contributed by atoms with Gasteiger partial charge in [0, 0.05) is 37.5 Å². The molecule has 2 N–H and O–H groups in total. The van der Waals surface area contributed by atoms with Gasteiger partial charge in [-0.15, -0.1) is 0 Å². The van der Waals surface area contributed by atoms with Crippen molar-refractivity contribution in [2.75, 3.05) is 33.3 Å². The van der Waals surface area contributed by atoms with E-state index in [0.717, 1.165) is 38.3 Å². The highest BCUT2D eigenvalue weighted by atomic mass is 32.2. The van der Waals surface area contributed by atoms with Gasteiger partial charge < -0.3 is 15.4 Å². The molecule has 26 heavy (non-hydrogen) atoms. The van der Waals surface area contributed by atoms with Crippen LogP contribution >= 0.6 is 11.8 Å². The summed E-state index contributed by atoms with van der Waals surface area (Å²) in [6.07, 6.45) is 0.961. The van der Waals surface area contributed by atoms with E-state index in [9.17, 15) is 0 Å². The number of piperazine rings is 1. The fraction of sp³-hybridized carbons (Fsp3) is 0.333. The van der Waals surface area contributed by atoms with Gasteiger partial charge in [0.15, 0.2) is 0 Å². The highest BCUT2D eigenvalue weighted by Crippen LogP contribution is 2.39. The number of nitrogens with zero attached hydrogens (tertiary/aromatic N) is 1. The lowest BCUT2D eigenvalue weighted by molar-refractivity contribution is 0.216. The SMILES string of the molecule is COc1ccc(C2=C(Cc3ccccc3)SC(N3CCNCC3)N2)cc1. The Morgan fingerprint density at radius 3 is 2.46 bits per heavy atom. The maximum absolute atomic E-state index is 5.31. The Hall–Kier alpha value is -1.95. The van der Waals surface area contributed by atoms with Crippen LogP contribution in [0.15, 0.2) is 59.5 Å². The van der Waals surface area contributed by atoms with Gasteiger partial charge in [0.05, 0.1) is 12.8 Å². The lowest BCUT2D eigenvalue weighted by Gasteiger charge is -2.32. The first-order valence-corrected chi connectivity index (χ1v) is 10.0. The van der Waals surface area contributed by atoms with Crippen LogP contribution in [0.25, 0.3) is 5.70 Å². The number of hydrogen-bond donors (Lipinski definition) is 2. The summed E-state index contributed by atoms with van der Waals surface area (Å²) in [7, 11) is 1.71. The molecule has 1 saturated heterocycles. The normalized spacial score (nSPS) is 20.9.